The molecule has 156 valence electrons. The number of nitrogens with zero attached hydrogens (tertiary/aromatic N) is 2. The lowest BCUT2D eigenvalue weighted by molar-refractivity contribution is -0.126. The zero-order chi connectivity index (χ0) is 20.1. The molecule has 0 spiro atoms. The minimum Gasteiger partial charge on any atom is -0.351 e. The minimum absolute atomic E-state index is 0.0113. The Labute approximate surface area is 168 Å². The first-order chi connectivity index (χ1) is 13.5. The number of carbonyl (C=O) groups excluding carboxylic acids is 2. The highest BCUT2D eigenvalue weighted by Crippen LogP contribution is 2.25. The lowest BCUT2D eigenvalue weighted by atomic mass is 9.86. The first kappa shape index (κ1) is 20.9. The summed E-state index contributed by atoms with van der Waals surface area (Å²) in [5.41, 5.74) is 0.398. The van der Waals surface area contributed by atoms with Crippen molar-refractivity contribution < 1.29 is 9.59 Å². The van der Waals surface area contributed by atoms with Gasteiger partial charge in [0.2, 0.25) is 5.91 Å². The molecular weight excluding hydrogens is 352 g/mol. The van der Waals surface area contributed by atoms with E-state index in [2.05, 4.69) is 29.6 Å². The van der Waals surface area contributed by atoms with Gasteiger partial charge in [0, 0.05) is 18.3 Å². The molecule has 0 aliphatic heterocycles. The minimum atomic E-state index is -0.371. The average molecular weight is 389 g/mol. The van der Waals surface area contributed by atoms with Gasteiger partial charge in [0.25, 0.3) is 5.91 Å². The number of hydrogen-bond donors (Lipinski definition) is 2. The van der Waals surface area contributed by atoms with Crippen molar-refractivity contribution in [2.45, 2.75) is 96.7 Å². The molecule has 1 aromatic rings. The monoisotopic (exact) mass is 388 g/mol. The molecule has 0 radical (unpaired) electrons. The van der Waals surface area contributed by atoms with Crippen molar-refractivity contribution in [2.75, 3.05) is 0 Å². The standard InChI is InChI=1S/C22H36N4O2/c1-4-20(22(28)24-18-12-8-6-10-16(18)3)26-14-13-19(25-26)21(27)23-17-11-7-5-9-15(17)2/h13-18,20H,4-12H2,1-3H3,(H,23,27)(H,24,28)/t15-,16-,17+,18-,20-/m0/s1. The van der Waals surface area contributed by atoms with E-state index in [-0.39, 0.29) is 29.9 Å². The molecule has 5 atom stereocenters. The zero-order valence-electron chi connectivity index (χ0n) is 17.6. The van der Waals surface area contributed by atoms with Crippen LogP contribution in [-0.4, -0.2) is 33.7 Å². The van der Waals surface area contributed by atoms with Gasteiger partial charge in [-0.25, -0.2) is 0 Å². The van der Waals surface area contributed by atoms with Crippen molar-refractivity contribution in [3.63, 3.8) is 0 Å². The highest BCUT2D eigenvalue weighted by molar-refractivity contribution is 5.92. The van der Waals surface area contributed by atoms with Gasteiger partial charge in [-0.3, -0.25) is 14.3 Å². The summed E-state index contributed by atoms with van der Waals surface area (Å²) in [5.74, 6) is 0.906. The summed E-state index contributed by atoms with van der Waals surface area (Å²) in [6.45, 7) is 6.40. The average Bonchev–Trinajstić information content (AvgIpc) is 3.16. The van der Waals surface area contributed by atoms with Crippen LogP contribution >= 0.6 is 0 Å². The second-order valence-electron chi connectivity index (χ2n) is 8.82. The topological polar surface area (TPSA) is 76.0 Å². The van der Waals surface area contributed by atoms with E-state index < -0.39 is 0 Å². The molecule has 2 fully saturated rings. The quantitative estimate of drug-likeness (QED) is 0.777. The molecule has 2 saturated carbocycles. The lowest BCUT2D eigenvalue weighted by Crippen LogP contribution is -2.44. The van der Waals surface area contributed by atoms with E-state index >= 15 is 0 Å². The van der Waals surface area contributed by atoms with Gasteiger partial charge in [-0.1, -0.05) is 46.5 Å². The smallest absolute Gasteiger partial charge is 0.272 e. The van der Waals surface area contributed by atoms with E-state index in [1.54, 1.807) is 16.9 Å². The molecule has 1 aromatic heterocycles. The van der Waals surface area contributed by atoms with Crippen LogP contribution in [0.1, 0.15) is 95.1 Å². The third-order valence-corrected chi connectivity index (χ3v) is 6.72. The summed E-state index contributed by atoms with van der Waals surface area (Å²) in [6.07, 6.45) is 11.7. The highest BCUT2D eigenvalue weighted by Gasteiger charge is 2.28. The van der Waals surface area contributed by atoms with Crippen LogP contribution in [0.2, 0.25) is 0 Å². The fourth-order valence-corrected chi connectivity index (χ4v) is 4.71. The van der Waals surface area contributed by atoms with Crippen LogP contribution in [0, 0.1) is 11.8 Å². The van der Waals surface area contributed by atoms with Crippen LogP contribution in [0.5, 0.6) is 0 Å². The maximum atomic E-state index is 12.9. The van der Waals surface area contributed by atoms with Gasteiger partial charge in [0.05, 0.1) is 0 Å². The molecule has 3 rings (SSSR count). The van der Waals surface area contributed by atoms with E-state index in [4.69, 9.17) is 0 Å². The highest BCUT2D eigenvalue weighted by atomic mass is 16.2. The van der Waals surface area contributed by atoms with Crippen molar-refractivity contribution in [2.24, 2.45) is 11.8 Å². The number of carbonyl (C=O) groups is 2. The van der Waals surface area contributed by atoms with Gasteiger partial charge in [-0.15, -0.1) is 0 Å². The van der Waals surface area contributed by atoms with Crippen LogP contribution in [0.15, 0.2) is 12.3 Å². The van der Waals surface area contributed by atoms with Gasteiger partial charge in [-0.05, 0) is 50.0 Å². The third kappa shape index (κ3) is 4.95. The second kappa shape index (κ2) is 9.57. The van der Waals surface area contributed by atoms with E-state index in [0.717, 1.165) is 19.3 Å². The van der Waals surface area contributed by atoms with E-state index in [1.807, 2.05) is 6.92 Å². The van der Waals surface area contributed by atoms with E-state index in [1.165, 1.54) is 32.1 Å². The number of amides is 2. The summed E-state index contributed by atoms with van der Waals surface area (Å²) >= 11 is 0. The summed E-state index contributed by atoms with van der Waals surface area (Å²) in [7, 11) is 0. The molecule has 2 aliphatic carbocycles. The Balaban J connectivity index is 1.61. The van der Waals surface area contributed by atoms with Crippen molar-refractivity contribution in [1.82, 2.24) is 20.4 Å². The molecule has 0 saturated heterocycles. The number of aromatic nitrogens is 2. The van der Waals surface area contributed by atoms with Gasteiger partial charge < -0.3 is 10.6 Å². The number of hydrogen-bond acceptors (Lipinski definition) is 3. The van der Waals surface area contributed by atoms with Crippen molar-refractivity contribution in [3.05, 3.63) is 18.0 Å². The largest absolute Gasteiger partial charge is 0.351 e. The van der Waals surface area contributed by atoms with Gasteiger partial charge >= 0.3 is 0 Å². The molecule has 6 heteroatoms. The number of rotatable bonds is 6. The first-order valence-corrected chi connectivity index (χ1v) is 11.2. The van der Waals surface area contributed by atoms with Crippen LogP contribution in [0.25, 0.3) is 0 Å². The predicted octanol–water partition coefficient (Wildman–Crippen LogP) is 3.84. The van der Waals surface area contributed by atoms with Crippen LogP contribution in [0.4, 0.5) is 0 Å². The summed E-state index contributed by atoms with van der Waals surface area (Å²) in [5, 5.41) is 10.8. The first-order valence-electron chi connectivity index (χ1n) is 11.2. The second-order valence-corrected chi connectivity index (χ2v) is 8.82. The Hall–Kier alpha value is -1.85. The predicted molar refractivity (Wildman–Crippen MR) is 110 cm³/mol. The molecule has 28 heavy (non-hydrogen) atoms. The Morgan fingerprint density at radius 3 is 2.18 bits per heavy atom. The maximum Gasteiger partial charge on any atom is 0.272 e. The molecule has 6 nitrogen and oxygen atoms in total. The zero-order valence-corrected chi connectivity index (χ0v) is 17.6. The lowest BCUT2D eigenvalue weighted by Gasteiger charge is -2.31. The van der Waals surface area contributed by atoms with Gasteiger partial charge in [0.1, 0.15) is 11.7 Å². The molecule has 0 unspecified atom stereocenters. The molecule has 2 N–H and O–H groups in total. The number of nitrogens with one attached hydrogen (secondary N) is 2. The third-order valence-electron chi connectivity index (χ3n) is 6.72. The fraction of sp³-hybridized carbons (Fsp3) is 0.773. The summed E-state index contributed by atoms with van der Waals surface area (Å²) in [4.78, 5) is 25.5. The Kier molecular flexibility index (Phi) is 7.13. The molecule has 1 heterocycles. The normalized spacial score (nSPS) is 29.1. The Bertz CT molecular complexity index is 671. The maximum absolute atomic E-state index is 12.9. The molecule has 2 amide bonds. The molecule has 0 aromatic carbocycles. The van der Waals surface area contributed by atoms with Crippen LogP contribution in [0.3, 0.4) is 0 Å². The van der Waals surface area contributed by atoms with Crippen LogP contribution in [-0.2, 0) is 4.79 Å². The van der Waals surface area contributed by atoms with Crippen molar-refractivity contribution in [3.8, 4) is 0 Å². The molecule has 2 aliphatic rings. The van der Waals surface area contributed by atoms with Crippen molar-refractivity contribution in [1.29, 1.82) is 0 Å². The van der Waals surface area contributed by atoms with Crippen molar-refractivity contribution >= 4 is 11.8 Å². The summed E-state index contributed by atoms with van der Waals surface area (Å²) < 4.78 is 1.65. The van der Waals surface area contributed by atoms with Gasteiger partial charge in [-0.2, -0.15) is 5.10 Å². The van der Waals surface area contributed by atoms with E-state index in [9.17, 15) is 9.59 Å². The Morgan fingerprint density at radius 2 is 1.61 bits per heavy atom. The molecule has 0 bridgehead atoms. The summed E-state index contributed by atoms with van der Waals surface area (Å²) in [6, 6.07) is 1.83. The van der Waals surface area contributed by atoms with E-state index in [0.29, 0.717) is 24.0 Å². The SMILES string of the molecule is CC[C@@H](C(=O)N[C@H]1CCCC[C@@H]1C)n1ccc(C(=O)N[C@@H]2CCCC[C@@H]2C)n1. The van der Waals surface area contributed by atoms with Gasteiger partial charge in [0.15, 0.2) is 0 Å². The van der Waals surface area contributed by atoms with Crippen LogP contribution < -0.4 is 10.6 Å². The molecular formula is C22H36N4O2. The fourth-order valence-electron chi connectivity index (χ4n) is 4.71. The Morgan fingerprint density at radius 1 is 1.04 bits per heavy atom.